The van der Waals surface area contributed by atoms with Gasteiger partial charge in [0.25, 0.3) is 0 Å². The van der Waals surface area contributed by atoms with E-state index in [0.717, 1.165) is 47.9 Å². The van der Waals surface area contributed by atoms with Crippen LogP contribution in [0.2, 0.25) is 0 Å². The number of hydrogen-bond acceptors (Lipinski definition) is 4. The van der Waals surface area contributed by atoms with Gasteiger partial charge >= 0.3 is 12.1 Å². The van der Waals surface area contributed by atoms with E-state index in [1.54, 1.807) is 0 Å². The molecular weight excluding hydrogens is 432 g/mol. The number of hydrogen-bond donors (Lipinski definition) is 3. The molecule has 7 nitrogen and oxygen atoms in total. The van der Waals surface area contributed by atoms with Crippen LogP contribution >= 0.6 is 0 Å². The van der Waals surface area contributed by atoms with Gasteiger partial charge < -0.3 is 20.5 Å². The molecule has 2 aliphatic rings. The molecule has 0 aliphatic heterocycles. The molecule has 2 aromatic carbocycles. The second-order valence-electron chi connectivity index (χ2n) is 9.41. The van der Waals surface area contributed by atoms with Gasteiger partial charge in [0.05, 0.1) is 5.41 Å². The van der Waals surface area contributed by atoms with Crippen molar-refractivity contribution in [2.24, 2.45) is 5.41 Å². The molecule has 4 rings (SSSR count). The predicted octanol–water partition coefficient (Wildman–Crippen LogP) is 4.46. The number of carboxylic acids is 1. The van der Waals surface area contributed by atoms with Gasteiger partial charge in [0.2, 0.25) is 5.91 Å². The van der Waals surface area contributed by atoms with Gasteiger partial charge in [-0.05, 0) is 42.0 Å². The van der Waals surface area contributed by atoms with Gasteiger partial charge in [-0.25, -0.2) is 4.79 Å². The average molecular weight is 465 g/mol. The van der Waals surface area contributed by atoms with Crippen LogP contribution in [0.1, 0.15) is 62.5 Å². The second kappa shape index (κ2) is 10.3. The number of fused-ring (bicyclic) bond motifs is 3. The fourth-order valence-corrected chi connectivity index (χ4v) is 5.19. The Balaban J connectivity index is 1.41. The number of amides is 2. The molecule has 7 heteroatoms. The fraction of sp³-hybridized carbons (Fsp3) is 0.444. The van der Waals surface area contributed by atoms with Crippen molar-refractivity contribution in [3.63, 3.8) is 0 Å². The highest BCUT2D eigenvalue weighted by Crippen LogP contribution is 2.44. The Labute approximate surface area is 199 Å². The number of carboxylic acid groups (broad SMARTS) is 1. The van der Waals surface area contributed by atoms with Crippen molar-refractivity contribution < 1.29 is 24.2 Å². The summed E-state index contributed by atoms with van der Waals surface area (Å²) in [7, 11) is 0. The molecule has 0 radical (unpaired) electrons. The molecule has 1 fully saturated rings. The summed E-state index contributed by atoms with van der Waals surface area (Å²) in [6.07, 6.45) is 4.42. The topological polar surface area (TPSA) is 105 Å². The van der Waals surface area contributed by atoms with Crippen LogP contribution in [-0.4, -0.2) is 42.3 Å². The third kappa shape index (κ3) is 4.93. The number of carbonyl (C=O) groups is 3. The number of nitrogens with one attached hydrogen (secondary N) is 2. The van der Waals surface area contributed by atoms with E-state index in [2.05, 4.69) is 34.9 Å². The SMILES string of the molecule is CC(NC(=O)C1(CNC(=O)OCC2c3ccccc3-c3ccccc32)CCCCCC1)C(=O)O. The van der Waals surface area contributed by atoms with Gasteiger partial charge in [0.15, 0.2) is 0 Å². The van der Waals surface area contributed by atoms with Gasteiger partial charge in [-0.2, -0.15) is 0 Å². The summed E-state index contributed by atoms with van der Waals surface area (Å²) in [6, 6.07) is 15.3. The maximum Gasteiger partial charge on any atom is 0.407 e. The minimum Gasteiger partial charge on any atom is -0.480 e. The Bertz CT molecular complexity index is 1010. The maximum atomic E-state index is 13.1. The van der Waals surface area contributed by atoms with Crippen molar-refractivity contribution in [3.05, 3.63) is 59.7 Å². The minimum atomic E-state index is -1.08. The monoisotopic (exact) mass is 464 g/mol. The van der Waals surface area contributed by atoms with E-state index in [0.29, 0.717) is 12.8 Å². The van der Waals surface area contributed by atoms with Crippen LogP contribution in [0.5, 0.6) is 0 Å². The number of aliphatic carboxylic acids is 1. The summed E-state index contributed by atoms with van der Waals surface area (Å²) in [5.41, 5.74) is 3.77. The number of ether oxygens (including phenoxy) is 1. The predicted molar refractivity (Wildman–Crippen MR) is 128 cm³/mol. The molecule has 3 N–H and O–H groups in total. The quantitative estimate of drug-likeness (QED) is 0.525. The minimum absolute atomic E-state index is 0.0373. The normalized spacial score (nSPS) is 17.6. The highest BCUT2D eigenvalue weighted by Gasteiger charge is 2.40. The van der Waals surface area contributed by atoms with Gasteiger partial charge in [-0.1, -0.05) is 74.2 Å². The Kier molecular flexibility index (Phi) is 7.20. The molecule has 2 aliphatic carbocycles. The summed E-state index contributed by atoms with van der Waals surface area (Å²) >= 11 is 0. The first kappa shape index (κ1) is 23.8. The van der Waals surface area contributed by atoms with Crippen molar-refractivity contribution >= 4 is 18.0 Å². The number of rotatable bonds is 7. The molecule has 2 aromatic rings. The van der Waals surface area contributed by atoms with Crippen molar-refractivity contribution in [2.75, 3.05) is 13.2 Å². The molecule has 1 saturated carbocycles. The lowest BCUT2D eigenvalue weighted by molar-refractivity contribution is -0.143. The Morgan fingerprint density at radius 2 is 1.53 bits per heavy atom. The van der Waals surface area contributed by atoms with E-state index < -0.39 is 23.5 Å². The third-order valence-corrected chi connectivity index (χ3v) is 7.18. The average Bonchev–Trinajstić information content (AvgIpc) is 2.97. The molecule has 1 atom stereocenters. The molecule has 34 heavy (non-hydrogen) atoms. The standard InChI is InChI=1S/C27H32N2O5/c1-18(24(30)31)29-25(32)27(14-8-2-3-9-15-27)17-28-26(33)34-16-23-21-12-6-4-10-19(21)20-11-5-7-13-22(20)23/h4-7,10-13,18,23H,2-3,8-9,14-17H2,1H3,(H,28,33)(H,29,32)(H,30,31). The molecule has 1 unspecified atom stereocenters. The lowest BCUT2D eigenvalue weighted by Crippen LogP contribution is -2.52. The molecule has 0 saturated heterocycles. The number of alkyl carbamates (subject to hydrolysis) is 1. The molecule has 0 spiro atoms. The van der Waals surface area contributed by atoms with Crippen LogP contribution in [0.25, 0.3) is 11.1 Å². The summed E-state index contributed by atoms with van der Waals surface area (Å²) in [4.78, 5) is 37.0. The van der Waals surface area contributed by atoms with Crippen LogP contribution in [0.4, 0.5) is 4.79 Å². The molecule has 2 amide bonds. The third-order valence-electron chi connectivity index (χ3n) is 7.18. The molecule has 0 heterocycles. The van der Waals surface area contributed by atoms with Gasteiger partial charge in [-0.15, -0.1) is 0 Å². The van der Waals surface area contributed by atoms with Crippen molar-refractivity contribution in [1.29, 1.82) is 0 Å². The van der Waals surface area contributed by atoms with Crippen LogP contribution in [-0.2, 0) is 14.3 Å². The molecule has 0 aromatic heterocycles. The van der Waals surface area contributed by atoms with E-state index in [4.69, 9.17) is 4.74 Å². The summed E-state index contributed by atoms with van der Waals surface area (Å²) in [5.74, 6) is -1.44. The first-order valence-electron chi connectivity index (χ1n) is 12.0. The smallest absolute Gasteiger partial charge is 0.407 e. The summed E-state index contributed by atoms with van der Waals surface area (Å²) < 4.78 is 5.63. The summed E-state index contributed by atoms with van der Waals surface area (Å²) in [6.45, 7) is 1.78. The highest BCUT2D eigenvalue weighted by atomic mass is 16.5. The lowest BCUT2D eigenvalue weighted by atomic mass is 9.79. The van der Waals surface area contributed by atoms with Gasteiger partial charge in [0, 0.05) is 12.5 Å². The van der Waals surface area contributed by atoms with Crippen molar-refractivity contribution in [2.45, 2.75) is 57.4 Å². The Morgan fingerprint density at radius 1 is 0.971 bits per heavy atom. The Morgan fingerprint density at radius 3 is 2.09 bits per heavy atom. The zero-order valence-electron chi connectivity index (χ0n) is 19.5. The van der Waals surface area contributed by atoms with Gasteiger partial charge in [-0.3, -0.25) is 9.59 Å². The second-order valence-corrected chi connectivity index (χ2v) is 9.41. The maximum absolute atomic E-state index is 13.1. The van der Waals surface area contributed by atoms with Gasteiger partial charge in [0.1, 0.15) is 12.6 Å². The molecular formula is C27H32N2O5. The first-order valence-corrected chi connectivity index (χ1v) is 12.0. The largest absolute Gasteiger partial charge is 0.480 e. The van der Waals surface area contributed by atoms with E-state index >= 15 is 0 Å². The van der Waals surface area contributed by atoms with Crippen molar-refractivity contribution in [3.8, 4) is 11.1 Å². The fourth-order valence-electron chi connectivity index (χ4n) is 5.19. The molecule has 0 bridgehead atoms. The summed E-state index contributed by atoms with van der Waals surface area (Å²) in [5, 5.41) is 14.6. The molecule has 180 valence electrons. The van der Waals surface area contributed by atoms with E-state index in [9.17, 15) is 19.5 Å². The highest BCUT2D eigenvalue weighted by molar-refractivity contribution is 5.88. The van der Waals surface area contributed by atoms with Crippen LogP contribution in [0.3, 0.4) is 0 Å². The van der Waals surface area contributed by atoms with E-state index in [1.165, 1.54) is 6.92 Å². The van der Waals surface area contributed by atoms with Crippen LogP contribution in [0, 0.1) is 5.41 Å². The van der Waals surface area contributed by atoms with E-state index in [-0.39, 0.29) is 25.0 Å². The Hall–Kier alpha value is -3.35. The number of carbonyl (C=O) groups excluding carboxylic acids is 2. The first-order chi connectivity index (χ1) is 16.4. The number of benzene rings is 2. The van der Waals surface area contributed by atoms with E-state index in [1.807, 2.05) is 24.3 Å². The van der Waals surface area contributed by atoms with Crippen LogP contribution in [0.15, 0.2) is 48.5 Å². The zero-order valence-corrected chi connectivity index (χ0v) is 19.5. The van der Waals surface area contributed by atoms with Crippen LogP contribution < -0.4 is 10.6 Å². The zero-order chi connectivity index (χ0) is 24.1. The van der Waals surface area contributed by atoms with Crippen molar-refractivity contribution in [1.82, 2.24) is 10.6 Å². The lowest BCUT2D eigenvalue weighted by Gasteiger charge is -2.32.